The van der Waals surface area contributed by atoms with Crippen LogP contribution in [0.15, 0.2) is 59.8 Å². The Kier molecular flexibility index (Phi) is 6.73. The van der Waals surface area contributed by atoms with E-state index in [1.807, 2.05) is 6.92 Å². The molecule has 0 amide bonds. The molecule has 1 heterocycles. The van der Waals surface area contributed by atoms with Crippen LogP contribution in [-0.2, 0) is 17.1 Å². The average Bonchev–Trinajstić information content (AvgIpc) is 3.13. The molecule has 3 aromatic rings. The molecule has 3 rings (SSSR count). The maximum absolute atomic E-state index is 13.8. The SMILES string of the molecule is CCOc1ccc(S(=O)(=O)NC(c2cccc(F)c2)c2nccn2C)cc1OCC. The molecule has 0 saturated heterocycles. The minimum atomic E-state index is -4.00. The van der Waals surface area contributed by atoms with E-state index >= 15 is 0 Å². The van der Waals surface area contributed by atoms with Gasteiger partial charge in [0.15, 0.2) is 11.5 Å². The van der Waals surface area contributed by atoms with Gasteiger partial charge in [-0.15, -0.1) is 0 Å². The van der Waals surface area contributed by atoms with E-state index in [4.69, 9.17) is 9.47 Å². The third-order valence-corrected chi connectivity index (χ3v) is 5.82. The molecule has 0 bridgehead atoms. The Hall–Kier alpha value is -2.91. The molecule has 30 heavy (non-hydrogen) atoms. The molecule has 0 saturated carbocycles. The van der Waals surface area contributed by atoms with Crippen LogP contribution in [0.3, 0.4) is 0 Å². The largest absolute Gasteiger partial charge is 0.490 e. The van der Waals surface area contributed by atoms with Crippen molar-refractivity contribution in [1.82, 2.24) is 14.3 Å². The van der Waals surface area contributed by atoms with Gasteiger partial charge in [0.2, 0.25) is 10.0 Å². The first-order valence-corrected chi connectivity index (χ1v) is 11.0. The fourth-order valence-electron chi connectivity index (χ4n) is 3.03. The molecule has 0 aliphatic heterocycles. The summed E-state index contributed by atoms with van der Waals surface area (Å²) in [5.74, 6) is 0.761. The fraction of sp³-hybridized carbons (Fsp3) is 0.286. The van der Waals surface area contributed by atoms with Crippen LogP contribution in [0.2, 0.25) is 0 Å². The van der Waals surface area contributed by atoms with Gasteiger partial charge in [-0.25, -0.2) is 17.8 Å². The van der Waals surface area contributed by atoms with E-state index in [-0.39, 0.29) is 4.90 Å². The van der Waals surface area contributed by atoms with Crippen LogP contribution < -0.4 is 14.2 Å². The summed E-state index contributed by atoms with van der Waals surface area (Å²) in [5.41, 5.74) is 0.434. The Morgan fingerprint density at radius 3 is 2.47 bits per heavy atom. The summed E-state index contributed by atoms with van der Waals surface area (Å²) in [6.07, 6.45) is 3.25. The summed E-state index contributed by atoms with van der Waals surface area (Å²) in [6.45, 7) is 4.41. The summed E-state index contributed by atoms with van der Waals surface area (Å²) < 4.78 is 55.6. The third-order valence-electron chi connectivity index (χ3n) is 4.40. The zero-order valence-corrected chi connectivity index (χ0v) is 17.8. The highest BCUT2D eigenvalue weighted by molar-refractivity contribution is 7.89. The topological polar surface area (TPSA) is 82.5 Å². The van der Waals surface area contributed by atoms with Gasteiger partial charge in [-0.3, -0.25) is 0 Å². The van der Waals surface area contributed by atoms with Gasteiger partial charge in [0.25, 0.3) is 0 Å². The maximum atomic E-state index is 13.8. The van der Waals surface area contributed by atoms with Crippen molar-refractivity contribution in [3.05, 3.63) is 72.1 Å². The van der Waals surface area contributed by atoms with E-state index < -0.39 is 21.9 Å². The van der Waals surface area contributed by atoms with Gasteiger partial charge in [0, 0.05) is 25.5 Å². The fourth-order valence-corrected chi connectivity index (χ4v) is 4.23. The highest BCUT2D eigenvalue weighted by atomic mass is 32.2. The molecule has 160 valence electrons. The van der Waals surface area contributed by atoms with Crippen LogP contribution in [0, 0.1) is 5.82 Å². The van der Waals surface area contributed by atoms with E-state index in [1.54, 1.807) is 43.1 Å². The van der Waals surface area contributed by atoms with Crippen LogP contribution in [0.1, 0.15) is 31.3 Å². The lowest BCUT2D eigenvalue weighted by atomic mass is 10.1. The van der Waals surface area contributed by atoms with Gasteiger partial charge < -0.3 is 14.0 Å². The molecule has 1 N–H and O–H groups in total. The van der Waals surface area contributed by atoms with Crippen molar-refractivity contribution in [3.63, 3.8) is 0 Å². The third kappa shape index (κ3) is 4.80. The van der Waals surface area contributed by atoms with Gasteiger partial charge in [-0.05, 0) is 43.7 Å². The standard InChI is InChI=1S/C21H24FN3O4S/c1-4-28-18-10-9-17(14-19(18)29-5-2)30(26,27)24-20(21-23-11-12-25(21)3)15-7-6-8-16(22)13-15/h6-14,20,24H,4-5H2,1-3H3. The monoisotopic (exact) mass is 433 g/mol. The van der Waals surface area contributed by atoms with Gasteiger partial charge in [0.05, 0.1) is 18.1 Å². The molecule has 0 aliphatic rings. The summed E-state index contributed by atoms with van der Waals surface area (Å²) in [5, 5.41) is 0. The van der Waals surface area contributed by atoms with Crippen LogP contribution >= 0.6 is 0 Å². The number of halogens is 1. The van der Waals surface area contributed by atoms with Crippen LogP contribution in [0.25, 0.3) is 0 Å². The van der Waals surface area contributed by atoms with Crippen molar-refractivity contribution < 1.29 is 22.3 Å². The molecule has 1 atom stereocenters. The number of imidazole rings is 1. The first kappa shape index (κ1) is 21.8. The van der Waals surface area contributed by atoms with Gasteiger partial charge in [-0.2, -0.15) is 4.72 Å². The molecule has 2 aromatic carbocycles. The highest BCUT2D eigenvalue weighted by Gasteiger charge is 2.27. The summed E-state index contributed by atoms with van der Waals surface area (Å²) >= 11 is 0. The van der Waals surface area contributed by atoms with Crippen LogP contribution in [0.5, 0.6) is 11.5 Å². The molecule has 9 heteroatoms. The molecule has 7 nitrogen and oxygen atoms in total. The molecule has 1 unspecified atom stereocenters. The number of ether oxygens (including phenoxy) is 2. The molecule has 0 fully saturated rings. The molecule has 1 aromatic heterocycles. The Morgan fingerprint density at radius 1 is 1.10 bits per heavy atom. The van der Waals surface area contributed by atoms with Crippen LogP contribution in [-0.4, -0.2) is 31.2 Å². The predicted molar refractivity (Wildman–Crippen MR) is 111 cm³/mol. The maximum Gasteiger partial charge on any atom is 0.241 e. The Labute approximate surface area is 175 Å². The second kappa shape index (κ2) is 9.27. The van der Waals surface area contributed by atoms with Gasteiger partial charge in [-0.1, -0.05) is 12.1 Å². The van der Waals surface area contributed by atoms with E-state index in [0.29, 0.717) is 36.1 Å². The van der Waals surface area contributed by atoms with E-state index in [0.717, 1.165) is 0 Å². The quantitative estimate of drug-likeness (QED) is 0.559. The normalized spacial score (nSPS) is 12.5. The number of sulfonamides is 1. The number of hydrogen-bond acceptors (Lipinski definition) is 5. The Morgan fingerprint density at radius 2 is 1.83 bits per heavy atom. The number of aromatic nitrogens is 2. The molecular formula is C21H24FN3O4S. The molecular weight excluding hydrogens is 409 g/mol. The lowest BCUT2D eigenvalue weighted by Gasteiger charge is -2.20. The predicted octanol–water partition coefficient (Wildman–Crippen LogP) is 3.42. The summed E-state index contributed by atoms with van der Waals surface area (Å²) in [7, 11) is -2.25. The summed E-state index contributed by atoms with van der Waals surface area (Å²) in [6, 6.07) is 9.29. The lowest BCUT2D eigenvalue weighted by Crippen LogP contribution is -2.31. The van der Waals surface area contributed by atoms with E-state index in [9.17, 15) is 12.8 Å². The van der Waals surface area contributed by atoms with Crippen molar-refractivity contribution in [1.29, 1.82) is 0 Å². The van der Waals surface area contributed by atoms with Crippen molar-refractivity contribution in [3.8, 4) is 11.5 Å². The molecule has 0 aliphatic carbocycles. The minimum absolute atomic E-state index is 0.00464. The smallest absolute Gasteiger partial charge is 0.241 e. The first-order chi connectivity index (χ1) is 14.4. The second-order valence-corrected chi connectivity index (χ2v) is 8.19. The number of hydrogen-bond donors (Lipinski definition) is 1. The first-order valence-electron chi connectivity index (χ1n) is 9.50. The molecule has 0 radical (unpaired) electrons. The number of nitrogens with one attached hydrogen (secondary N) is 1. The van der Waals surface area contributed by atoms with Crippen molar-refractivity contribution in [2.24, 2.45) is 7.05 Å². The Bertz CT molecular complexity index is 1110. The zero-order valence-electron chi connectivity index (χ0n) is 17.0. The van der Waals surface area contributed by atoms with Crippen molar-refractivity contribution in [2.75, 3.05) is 13.2 Å². The summed E-state index contributed by atoms with van der Waals surface area (Å²) in [4.78, 5) is 4.26. The second-order valence-electron chi connectivity index (χ2n) is 6.48. The number of nitrogens with zero attached hydrogens (tertiary/aromatic N) is 2. The Balaban J connectivity index is 2.01. The van der Waals surface area contributed by atoms with Crippen molar-refractivity contribution >= 4 is 10.0 Å². The highest BCUT2D eigenvalue weighted by Crippen LogP contribution is 2.31. The lowest BCUT2D eigenvalue weighted by molar-refractivity contribution is 0.287. The van der Waals surface area contributed by atoms with E-state index in [1.165, 1.54) is 30.3 Å². The number of rotatable bonds is 9. The zero-order chi connectivity index (χ0) is 21.7. The average molecular weight is 434 g/mol. The number of aryl methyl sites for hydroxylation is 1. The van der Waals surface area contributed by atoms with Crippen molar-refractivity contribution in [2.45, 2.75) is 24.8 Å². The van der Waals surface area contributed by atoms with Gasteiger partial charge >= 0.3 is 0 Å². The van der Waals surface area contributed by atoms with E-state index in [2.05, 4.69) is 9.71 Å². The molecule has 0 spiro atoms. The minimum Gasteiger partial charge on any atom is -0.490 e. The van der Waals surface area contributed by atoms with Crippen LogP contribution in [0.4, 0.5) is 4.39 Å². The number of benzene rings is 2. The van der Waals surface area contributed by atoms with Gasteiger partial charge in [0.1, 0.15) is 17.7 Å².